The van der Waals surface area contributed by atoms with E-state index in [1.165, 1.54) is 27.0 Å². The van der Waals surface area contributed by atoms with Gasteiger partial charge < -0.3 is 23.4 Å². The molecule has 558 valence electrons. The van der Waals surface area contributed by atoms with Crippen molar-refractivity contribution in [2.24, 2.45) is 0 Å². The van der Waals surface area contributed by atoms with Crippen LogP contribution in [0.4, 0.5) is 34.1 Å². The van der Waals surface area contributed by atoms with Gasteiger partial charge in [0, 0.05) is 83.0 Å². The van der Waals surface area contributed by atoms with Crippen molar-refractivity contribution in [1.82, 2.24) is 9.13 Å². The number of anilines is 6. The normalized spacial score (nSPS) is 12.3. The van der Waals surface area contributed by atoms with Crippen LogP contribution in [0.3, 0.4) is 0 Å². The van der Waals surface area contributed by atoms with Crippen LogP contribution in [0.25, 0.3) is 177 Å². The Balaban J connectivity index is 0.900. The predicted molar refractivity (Wildman–Crippen MR) is 505 cm³/mol. The summed E-state index contributed by atoms with van der Waals surface area (Å²) in [5, 5.41) is 6.88. The van der Waals surface area contributed by atoms with Crippen molar-refractivity contribution in [2.45, 2.75) is 0 Å². The second kappa shape index (κ2) is 28.0. The molecule has 5 nitrogen and oxygen atoms in total. The summed E-state index contributed by atoms with van der Waals surface area (Å²) in [6.07, 6.45) is 0. The van der Waals surface area contributed by atoms with E-state index in [9.17, 15) is 0 Å². The molecule has 5 heterocycles. The average Bonchev–Trinajstić information content (AvgIpc) is 1.64. The molecule has 22 aromatic rings. The van der Waals surface area contributed by atoms with Crippen molar-refractivity contribution in [3.63, 3.8) is 0 Å². The van der Waals surface area contributed by atoms with Crippen LogP contribution in [-0.4, -0.2) is 15.8 Å². The lowest BCUT2D eigenvalue weighted by Crippen LogP contribution is -2.61. The first-order valence-electron chi connectivity index (χ1n) is 41.4. The SMILES string of the molecule is c1ccc(-c2cc(-c3ccccc3)c(N3c4ccc(-c5cccc6oc7ccccc7c56)cc4B4c5ccc(-n6c7cc(-c8ccccc8)ccc7c7ccc(-c8ccccc8)cc76)cc5N(c5c(-c6ccccc6)cc(-c6ccccc6)cc5-c5ccccc5)c5cc(-n6c7ccccc7c7ccccc76)cc3c54)c(-c3ccccc3)c2)cc1. The molecule has 0 saturated carbocycles. The minimum absolute atomic E-state index is 0.394. The number of furan rings is 1. The summed E-state index contributed by atoms with van der Waals surface area (Å²) in [6.45, 7) is -0.394. The number of hydrogen-bond donors (Lipinski definition) is 0. The maximum absolute atomic E-state index is 6.81. The smallest absolute Gasteiger partial charge is 0.252 e. The lowest BCUT2D eigenvalue weighted by Gasteiger charge is -2.46. The van der Waals surface area contributed by atoms with Crippen molar-refractivity contribution in [3.8, 4) is 112 Å². The van der Waals surface area contributed by atoms with E-state index in [1.807, 2.05) is 0 Å². The first-order chi connectivity index (χ1) is 59.5. The fraction of sp³-hybridized carbons (Fsp3) is 0. The molecule has 0 aliphatic carbocycles. The van der Waals surface area contributed by atoms with Crippen molar-refractivity contribution < 1.29 is 4.42 Å². The summed E-state index contributed by atoms with van der Waals surface area (Å²) in [4.78, 5) is 5.42. The zero-order valence-electron chi connectivity index (χ0n) is 65.4. The highest BCUT2D eigenvalue weighted by atomic mass is 16.3. The summed E-state index contributed by atoms with van der Waals surface area (Å²) < 4.78 is 11.9. The molecular weight excluding hydrogens is 1450 g/mol. The Morgan fingerprint density at radius 1 is 0.192 bits per heavy atom. The van der Waals surface area contributed by atoms with Crippen molar-refractivity contribution in [1.29, 1.82) is 0 Å². The summed E-state index contributed by atoms with van der Waals surface area (Å²) in [5.41, 5.74) is 38.1. The number of nitrogens with zero attached hydrogens (tertiary/aromatic N) is 4. The fourth-order valence-corrected chi connectivity index (χ4v) is 19.7. The molecule has 0 bridgehead atoms. The minimum atomic E-state index is -0.394. The van der Waals surface area contributed by atoms with Gasteiger partial charge in [-0.3, -0.25) is 0 Å². The van der Waals surface area contributed by atoms with E-state index in [4.69, 9.17) is 4.42 Å². The van der Waals surface area contributed by atoms with Gasteiger partial charge in [0.1, 0.15) is 11.2 Å². The Morgan fingerprint density at radius 3 is 1.02 bits per heavy atom. The summed E-state index contributed by atoms with van der Waals surface area (Å²) in [7, 11) is 0. The second-order valence-electron chi connectivity index (χ2n) is 31.7. The fourth-order valence-electron chi connectivity index (χ4n) is 19.7. The van der Waals surface area contributed by atoms with Gasteiger partial charge in [-0.25, -0.2) is 0 Å². The molecule has 2 aliphatic rings. The largest absolute Gasteiger partial charge is 0.456 e. The zero-order chi connectivity index (χ0) is 78.9. The number of fused-ring (bicyclic) bond motifs is 13. The zero-order valence-corrected chi connectivity index (χ0v) is 65.4. The lowest BCUT2D eigenvalue weighted by molar-refractivity contribution is 0.669. The van der Waals surface area contributed by atoms with Gasteiger partial charge in [-0.15, -0.1) is 0 Å². The summed E-state index contributed by atoms with van der Waals surface area (Å²) >= 11 is 0. The molecule has 0 atom stereocenters. The Hall–Kier alpha value is -15.8. The van der Waals surface area contributed by atoms with Gasteiger partial charge in [0.2, 0.25) is 0 Å². The molecule has 0 saturated heterocycles. The van der Waals surface area contributed by atoms with Crippen LogP contribution < -0.4 is 26.2 Å². The van der Waals surface area contributed by atoms with E-state index >= 15 is 0 Å². The molecule has 0 amide bonds. The first kappa shape index (κ1) is 68.6. The Kier molecular flexibility index (Phi) is 16.0. The van der Waals surface area contributed by atoms with Gasteiger partial charge in [0.05, 0.1) is 39.1 Å². The van der Waals surface area contributed by atoms with E-state index < -0.39 is 6.71 Å². The maximum atomic E-state index is 6.81. The predicted octanol–water partition coefficient (Wildman–Crippen LogP) is 28.9. The number of rotatable bonds is 13. The Labute approximate surface area is 695 Å². The third-order valence-corrected chi connectivity index (χ3v) is 25.0. The molecule has 0 N–H and O–H groups in total. The molecule has 6 heteroatoms. The number of hydrogen-bond acceptors (Lipinski definition) is 3. The monoisotopic (exact) mass is 1520 g/mol. The standard InChI is InChI=1S/C114H73BN4O/c1-9-32-74(33-10-1)82-56-60-92-93-61-57-83(75-34-11-2-12-35-75)70-105(93)116(104(92)69-82)87-59-62-99-106(71-87)119(114-97(80-44-21-7-22-45-80)66-86(77-38-15-4-16-39-77)67-98(114)81-46-23-8-24-47-81)108-73-88(117-101-52-28-25-48-90(101)91-49-26-29-53-102(91)117)72-107-112(108)115(99)100-68-84(89-51-31-55-110-111(89)94-50-27-30-54-109(94)120-110)58-63-103(100)118(107)113-95(78-40-17-5-18-41-78)64-85(76-36-13-3-14-37-76)65-96(113)79-42-19-6-20-43-79/h1-73H. The quantitative estimate of drug-likeness (QED) is 0.108. The molecule has 0 unspecified atom stereocenters. The average molecular weight is 1530 g/mol. The highest BCUT2D eigenvalue weighted by Gasteiger charge is 2.46. The third-order valence-electron chi connectivity index (χ3n) is 25.0. The highest BCUT2D eigenvalue weighted by molar-refractivity contribution is 7.00. The Bertz CT molecular complexity index is 7540. The number of benzene rings is 19. The number of para-hydroxylation sites is 3. The topological polar surface area (TPSA) is 29.5 Å². The van der Waals surface area contributed by atoms with Crippen LogP contribution in [0.5, 0.6) is 0 Å². The molecule has 0 spiro atoms. The van der Waals surface area contributed by atoms with Gasteiger partial charge in [-0.1, -0.05) is 352 Å². The number of aromatic nitrogens is 2. The maximum Gasteiger partial charge on any atom is 0.252 e. The summed E-state index contributed by atoms with van der Waals surface area (Å²) in [5.74, 6) is 0. The molecule has 0 radical (unpaired) electrons. The van der Waals surface area contributed by atoms with Crippen LogP contribution in [0, 0.1) is 0 Å². The van der Waals surface area contributed by atoms with Gasteiger partial charge >= 0.3 is 0 Å². The molecule has 19 aromatic carbocycles. The second-order valence-corrected chi connectivity index (χ2v) is 31.7. The molecule has 3 aromatic heterocycles. The van der Waals surface area contributed by atoms with E-state index in [-0.39, 0.29) is 0 Å². The third kappa shape index (κ3) is 11.1. The van der Waals surface area contributed by atoms with Gasteiger partial charge in [0.15, 0.2) is 0 Å². The Morgan fingerprint density at radius 2 is 0.558 bits per heavy atom. The molecule has 0 fully saturated rings. The first-order valence-corrected chi connectivity index (χ1v) is 41.4. The van der Waals surface area contributed by atoms with Gasteiger partial charge in [0.25, 0.3) is 6.71 Å². The summed E-state index contributed by atoms with van der Waals surface area (Å²) in [6, 6.07) is 165. The minimum Gasteiger partial charge on any atom is -0.456 e. The van der Waals surface area contributed by atoms with E-state index in [1.54, 1.807) is 0 Å². The van der Waals surface area contributed by atoms with E-state index in [2.05, 4.69) is 462 Å². The van der Waals surface area contributed by atoms with Crippen molar-refractivity contribution in [2.75, 3.05) is 9.80 Å². The molecule has 2 aliphatic heterocycles. The molecule has 24 rings (SSSR count). The van der Waals surface area contributed by atoms with Gasteiger partial charge in [-0.2, -0.15) is 0 Å². The van der Waals surface area contributed by atoms with E-state index in [0.29, 0.717) is 0 Å². The van der Waals surface area contributed by atoms with Crippen molar-refractivity contribution >= 4 is 123 Å². The van der Waals surface area contributed by atoms with E-state index in [0.717, 1.165) is 201 Å². The molecular formula is C114H73BN4O. The van der Waals surface area contributed by atoms with Crippen molar-refractivity contribution in [3.05, 3.63) is 443 Å². The van der Waals surface area contributed by atoms with Gasteiger partial charge in [-0.05, 0) is 185 Å². The van der Waals surface area contributed by atoms with Crippen LogP contribution in [-0.2, 0) is 0 Å². The van der Waals surface area contributed by atoms with Crippen LogP contribution >= 0.6 is 0 Å². The molecule has 120 heavy (non-hydrogen) atoms. The van der Waals surface area contributed by atoms with Crippen LogP contribution in [0.15, 0.2) is 447 Å². The van der Waals surface area contributed by atoms with Crippen LogP contribution in [0.2, 0.25) is 0 Å². The lowest BCUT2D eigenvalue weighted by atomic mass is 9.33. The highest BCUT2D eigenvalue weighted by Crippen LogP contribution is 2.56. The van der Waals surface area contributed by atoms with Crippen LogP contribution in [0.1, 0.15) is 0 Å².